The van der Waals surface area contributed by atoms with Crippen LogP contribution in [0.1, 0.15) is 26.2 Å². The van der Waals surface area contributed by atoms with Crippen molar-refractivity contribution in [1.29, 1.82) is 0 Å². The molecule has 0 aliphatic heterocycles. The number of aliphatic imine (C=N–C) groups is 1. The predicted molar refractivity (Wildman–Crippen MR) is 44.2 cm³/mol. The Morgan fingerprint density at radius 1 is 1.70 bits per heavy atom. The van der Waals surface area contributed by atoms with Gasteiger partial charge in [-0.2, -0.15) is 0 Å². The van der Waals surface area contributed by atoms with E-state index in [2.05, 4.69) is 18.5 Å². The summed E-state index contributed by atoms with van der Waals surface area (Å²) in [6, 6.07) is 0. The molecule has 2 heteroatoms. The zero-order chi connectivity index (χ0) is 7.82. The monoisotopic (exact) mass is 141 g/mol. The van der Waals surface area contributed by atoms with Crippen LogP contribution in [-0.2, 0) is 0 Å². The minimum absolute atomic E-state index is 0.0391. The first kappa shape index (κ1) is 9.37. The minimum Gasteiger partial charge on any atom is -0.390 e. The molecule has 10 heavy (non-hydrogen) atoms. The highest BCUT2D eigenvalue weighted by atomic mass is 16.3. The van der Waals surface area contributed by atoms with Gasteiger partial charge < -0.3 is 5.11 Å². The highest BCUT2D eigenvalue weighted by Crippen LogP contribution is 1.93. The number of rotatable bonds is 5. The topological polar surface area (TPSA) is 32.6 Å². The number of hydrogen-bond donors (Lipinski definition) is 1. The smallest absolute Gasteiger partial charge is 0.0846 e. The van der Waals surface area contributed by atoms with Crippen molar-refractivity contribution in [2.75, 3.05) is 6.61 Å². The molecule has 0 atom stereocenters. The Morgan fingerprint density at radius 3 is 2.90 bits per heavy atom. The molecule has 0 radical (unpaired) electrons. The third-order valence-electron chi connectivity index (χ3n) is 1.14. The lowest BCUT2D eigenvalue weighted by molar-refractivity contribution is 0.330. The lowest BCUT2D eigenvalue weighted by Gasteiger charge is -1.90. The van der Waals surface area contributed by atoms with E-state index in [4.69, 9.17) is 5.11 Å². The molecule has 0 bridgehead atoms. The molecular formula is C8H15NO. The predicted octanol–water partition coefficient (Wildman–Crippen LogP) is 1.75. The van der Waals surface area contributed by atoms with Crippen LogP contribution >= 0.6 is 0 Å². The number of hydrogen-bond acceptors (Lipinski definition) is 2. The average molecular weight is 141 g/mol. The van der Waals surface area contributed by atoms with Crippen molar-refractivity contribution in [1.82, 2.24) is 0 Å². The molecule has 0 spiro atoms. The second-order valence-corrected chi connectivity index (χ2v) is 2.18. The van der Waals surface area contributed by atoms with Gasteiger partial charge in [0, 0.05) is 6.21 Å². The van der Waals surface area contributed by atoms with E-state index in [0.29, 0.717) is 5.70 Å². The Bertz CT molecular complexity index is 118. The zero-order valence-electron chi connectivity index (χ0n) is 6.51. The van der Waals surface area contributed by atoms with Crippen molar-refractivity contribution < 1.29 is 5.11 Å². The SMILES string of the molecule is C=C(CO)N=CCCCC. The van der Waals surface area contributed by atoms with Gasteiger partial charge in [0.15, 0.2) is 0 Å². The van der Waals surface area contributed by atoms with E-state index < -0.39 is 0 Å². The minimum atomic E-state index is -0.0391. The van der Waals surface area contributed by atoms with Gasteiger partial charge in [0.1, 0.15) is 0 Å². The third kappa shape index (κ3) is 5.51. The van der Waals surface area contributed by atoms with Gasteiger partial charge in [-0.15, -0.1) is 0 Å². The molecule has 0 saturated heterocycles. The Balaban J connectivity index is 3.27. The lowest BCUT2D eigenvalue weighted by atomic mass is 10.3. The largest absolute Gasteiger partial charge is 0.390 e. The fourth-order valence-electron chi connectivity index (χ4n) is 0.530. The molecule has 0 rings (SSSR count). The molecule has 0 aliphatic carbocycles. The van der Waals surface area contributed by atoms with Crippen LogP contribution in [-0.4, -0.2) is 17.9 Å². The fraction of sp³-hybridized carbons (Fsp3) is 0.625. The van der Waals surface area contributed by atoms with Crippen LogP contribution in [0.4, 0.5) is 0 Å². The second-order valence-electron chi connectivity index (χ2n) is 2.18. The van der Waals surface area contributed by atoms with Gasteiger partial charge >= 0.3 is 0 Å². The Labute approximate surface area is 62.3 Å². The summed E-state index contributed by atoms with van der Waals surface area (Å²) in [7, 11) is 0. The van der Waals surface area contributed by atoms with Crippen molar-refractivity contribution in [2.45, 2.75) is 26.2 Å². The quantitative estimate of drug-likeness (QED) is 0.459. The molecule has 0 aliphatic rings. The van der Waals surface area contributed by atoms with Crippen LogP contribution in [0.5, 0.6) is 0 Å². The van der Waals surface area contributed by atoms with Crippen molar-refractivity contribution in [3.63, 3.8) is 0 Å². The van der Waals surface area contributed by atoms with Crippen LogP contribution in [0.15, 0.2) is 17.3 Å². The number of aliphatic hydroxyl groups excluding tert-OH is 1. The van der Waals surface area contributed by atoms with Gasteiger partial charge in [0.25, 0.3) is 0 Å². The molecule has 0 unspecified atom stereocenters. The highest BCUT2D eigenvalue weighted by molar-refractivity contribution is 5.58. The van der Waals surface area contributed by atoms with E-state index in [1.807, 2.05) is 6.21 Å². The van der Waals surface area contributed by atoms with E-state index in [-0.39, 0.29) is 6.61 Å². The maximum Gasteiger partial charge on any atom is 0.0846 e. The van der Waals surface area contributed by atoms with Gasteiger partial charge in [0.2, 0.25) is 0 Å². The summed E-state index contributed by atoms with van der Waals surface area (Å²) in [6.07, 6.45) is 5.12. The van der Waals surface area contributed by atoms with Crippen molar-refractivity contribution in [3.8, 4) is 0 Å². The maximum absolute atomic E-state index is 8.48. The normalized spacial score (nSPS) is 10.6. The molecule has 0 fully saturated rings. The third-order valence-corrected chi connectivity index (χ3v) is 1.14. The first-order chi connectivity index (χ1) is 4.81. The fourth-order valence-corrected chi connectivity index (χ4v) is 0.530. The van der Waals surface area contributed by atoms with Crippen LogP contribution < -0.4 is 0 Å². The number of nitrogens with zero attached hydrogens (tertiary/aromatic N) is 1. The Hall–Kier alpha value is -0.630. The molecule has 58 valence electrons. The molecule has 0 amide bonds. The summed E-state index contributed by atoms with van der Waals surface area (Å²) in [5.41, 5.74) is 0.538. The van der Waals surface area contributed by atoms with Crippen molar-refractivity contribution in [3.05, 3.63) is 12.3 Å². The van der Waals surface area contributed by atoms with Gasteiger partial charge in [0.05, 0.1) is 12.3 Å². The number of aliphatic hydroxyl groups is 1. The van der Waals surface area contributed by atoms with Crippen molar-refractivity contribution >= 4 is 6.21 Å². The second kappa shape index (κ2) is 6.49. The average Bonchev–Trinajstić information content (AvgIpc) is 1.98. The van der Waals surface area contributed by atoms with Crippen molar-refractivity contribution in [2.24, 2.45) is 4.99 Å². The Morgan fingerprint density at radius 2 is 2.40 bits per heavy atom. The van der Waals surface area contributed by atoms with Gasteiger partial charge in [-0.1, -0.05) is 19.9 Å². The van der Waals surface area contributed by atoms with Crippen LogP contribution in [0.2, 0.25) is 0 Å². The molecule has 0 aromatic carbocycles. The summed E-state index contributed by atoms with van der Waals surface area (Å²) < 4.78 is 0. The molecule has 2 nitrogen and oxygen atoms in total. The summed E-state index contributed by atoms with van der Waals surface area (Å²) in [6.45, 7) is 5.62. The van der Waals surface area contributed by atoms with Crippen LogP contribution in [0, 0.1) is 0 Å². The number of unbranched alkanes of at least 4 members (excludes halogenated alkanes) is 2. The van der Waals surface area contributed by atoms with Gasteiger partial charge in [-0.3, -0.25) is 4.99 Å². The molecule has 0 aromatic heterocycles. The summed E-state index contributed by atoms with van der Waals surface area (Å²) >= 11 is 0. The molecular weight excluding hydrogens is 126 g/mol. The summed E-state index contributed by atoms with van der Waals surface area (Å²) in [5, 5.41) is 8.48. The van der Waals surface area contributed by atoms with E-state index >= 15 is 0 Å². The lowest BCUT2D eigenvalue weighted by Crippen LogP contribution is -1.84. The molecule has 1 N–H and O–H groups in total. The standard InChI is InChI=1S/C8H15NO/c1-3-4-5-6-9-8(2)7-10/h6,10H,2-5,7H2,1H3. The van der Waals surface area contributed by atoms with E-state index in [1.165, 1.54) is 6.42 Å². The van der Waals surface area contributed by atoms with Gasteiger partial charge in [-0.05, 0) is 12.8 Å². The zero-order valence-corrected chi connectivity index (χ0v) is 6.51. The van der Waals surface area contributed by atoms with Gasteiger partial charge in [-0.25, -0.2) is 0 Å². The highest BCUT2D eigenvalue weighted by Gasteiger charge is 1.82. The first-order valence-corrected chi connectivity index (χ1v) is 3.62. The summed E-state index contributed by atoms with van der Waals surface area (Å²) in [4.78, 5) is 3.91. The maximum atomic E-state index is 8.48. The van der Waals surface area contributed by atoms with E-state index in [9.17, 15) is 0 Å². The molecule has 0 heterocycles. The Kier molecular flexibility index (Phi) is 6.08. The van der Waals surface area contributed by atoms with E-state index in [1.54, 1.807) is 0 Å². The van der Waals surface area contributed by atoms with Crippen LogP contribution in [0.25, 0.3) is 0 Å². The van der Waals surface area contributed by atoms with Crippen LogP contribution in [0.3, 0.4) is 0 Å². The molecule has 0 saturated carbocycles. The molecule has 0 aromatic rings. The first-order valence-electron chi connectivity index (χ1n) is 3.62. The summed E-state index contributed by atoms with van der Waals surface area (Å²) in [5.74, 6) is 0. The van der Waals surface area contributed by atoms with E-state index in [0.717, 1.165) is 12.8 Å².